The van der Waals surface area contributed by atoms with Gasteiger partial charge in [-0.25, -0.2) is 9.97 Å². The highest BCUT2D eigenvalue weighted by Gasteiger charge is 2.14. The van der Waals surface area contributed by atoms with Gasteiger partial charge in [0.05, 0.1) is 0 Å². The van der Waals surface area contributed by atoms with Gasteiger partial charge in [-0.15, -0.1) is 0 Å². The standard InChI is InChI=1S/C16H18N4O/c21-16(19-14-6-2-3-8-17-14)13-7-9-18-15(12-13)20-10-4-1-5-11-20/h2-3,6-9,12H,1,4-5,10-11H2,(H,17,19,21). The molecule has 1 amide bonds. The highest BCUT2D eigenvalue weighted by molar-refractivity contribution is 6.04. The molecule has 5 heteroatoms. The van der Waals surface area contributed by atoms with E-state index in [1.807, 2.05) is 18.2 Å². The van der Waals surface area contributed by atoms with Crippen molar-refractivity contribution in [1.82, 2.24) is 9.97 Å². The van der Waals surface area contributed by atoms with E-state index in [0.29, 0.717) is 11.4 Å². The molecule has 1 aliphatic heterocycles. The fraction of sp³-hybridized carbons (Fsp3) is 0.312. The second kappa shape index (κ2) is 6.35. The van der Waals surface area contributed by atoms with Crippen LogP contribution in [0.25, 0.3) is 0 Å². The molecule has 2 aromatic heterocycles. The number of amides is 1. The number of carbonyl (C=O) groups is 1. The van der Waals surface area contributed by atoms with Crippen molar-refractivity contribution in [2.24, 2.45) is 0 Å². The van der Waals surface area contributed by atoms with E-state index >= 15 is 0 Å². The molecular weight excluding hydrogens is 264 g/mol. The number of anilines is 2. The summed E-state index contributed by atoms with van der Waals surface area (Å²) in [6, 6.07) is 9.00. The predicted octanol–water partition coefficient (Wildman–Crippen LogP) is 2.72. The molecule has 1 N–H and O–H groups in total. The van der Waals surface area contributed by atoms with Gasteiger partial charge in [0.25, 0.3) is 5.91 Å². The summed E-state index contributed by atoms with van der Waals surface area (Å²) < 4.78 is 0. The van der Waals surface area contributed by atoms with Crippen LogP contribution < -0.4 is 10.2 Å². The van der Waals surface area contributed by atoms with E-state index in [2.05, 4.69) is 20.2 Å². The van der Waals surface area contributed by atoms with Gasteiger partial charge in [-0.05, 0) is 43.5 Å². The van der Waals surface area contributed by atoms with Gasteiger partial charge in [-0.2, -0.15) is 0 Å². The Morgan fingerprint density at radius 3 is 2.67 bits per heavy atom. The van der Waals surface area contributed by atoms with Gasteiger partial charge in [0.1, 0.15) is 11.6 Å². The third kappa shape index (κ3) is 3.37. The highest BCUT2D eigenvalue weighted by Crippen LogP contribution is 2.18. The van der Waals surface area contributed by atoms with Gasteiger partial charge in [-0.1, -0.05) is 6.07 Å². The maximum Gasteiger partial charge on any atom is 0.257 e. The van der Waals surface area contributed by atoms with Crippen LogP contribution in [0.4, 0.5) is 11.6 Å². The first-order valence-corrected chi connectivity index (χ1v) is 7.26. The van der Waals surface area contributed by atoms with Crippen molar-refractivity contribution >= 4 is 17.5 Å². The third-order valence-electron chi connectivity index (χ3n) is 3.59. The topological polar surface area (TPSA) is 58.1 Å². The molecule has 1 saturated heterocycles. The zero-order valence-corrected chi connectivity index (χ0v) is 11.8. The molecule has 21 heavy (non-hydrogen) atoms. The van der Waals surface area contributed by atoms with Gasteiger partial charge in [0.15, 0.2) is 0 Å². The van der Waals surface area contributed by atoms with E-state index in [0.717, 1.165) is 18.9 Å². The lowest BCUT2D eigenvalue weighted by Crippen LogP contribution is -2.30. The zero-order valence-electron chi connectivity index (χ0n) is 11.8. The number of nitrogens with one attached hydrogen (secondary N) is 1. The van der Waals surface area contributed by atoms with E-state index in [1.54, 1.807) is 24.5 Å². The first kappa shape index (κ1) is 13.5. The average Bonchev–Trinajstić information content (AvgIpc) is 2.57. The van der Waals surface area contributed by atoms with Crippen molar-refractivity contribution in [2.45, 2.75) is 19.3 Å². The lowest BCUT2D eigenvalue weighted by Gasteiger charge is -2.27. The van der Waals surface area contributed by atoms with Crippen LogP contribution >= 0.6 is 0 Å². The van der Waals surface area contributed by atoms with Gasteiger partial charge in [0, 0.05) is 31.0 Å². The second-order valence-corrected chi connectivity index (χ2v) is 5.12. The van der Waals surface area contributed by atoms with E-state index in [9.17, 15) is 4.79 Å². The Labute approximate surface area is 124 Å². The van der Waals surface area contributed by atoms with Crippen LogP contribution in [0.5, 0.6) is 0 Å². The Bertz CT molecular complexity index is 609. The molecule has 0 aliphatic carbocycles. The van der Waals surface area contributed by atoms with Crippen LogP contribution in [0.3, 0.4) is 0 Å². The van der Waals surface area contributed by atoms with Crippen LogP contribution in [-0.2, 0) is 0 Å². The fourth-order valence-electron chi connectivity index (χ4n) is 2.48. The van der Waals surface area contributed by atoms with E-state index in [-0.39, 0.29) is 5.91 Å². The van der Waals surface area contributed by atoms with Crippen LogP contribution in [0, 0.1) is 0 Å². The molecule has 1 aliphatic rings. The van der Waals surface area contributed by atoms with Crippen LogP contribution in [-0.4, -0.2) is 29.0 Å². The summed E-state index contributed by atoms with van der Waals surface area (Å²) in [6.45, 7) is 2.02. The van der Waals surface area contributed by atoms with Crippen molar-refractivity contribution in [3.63, 3.8) is 0 Å². The van der Waals surface area contributed by atoms with E-state index in [1.165, 1.54) is 19.3 Å². The van der Waals surface area contributed by atoms with Crippen LogP contribution in [0.2, 0.25) is 0 Å². The number of carbonyl (C=O) groups excluding carboxylic acids is 1. The van der Waals surface area contributed by atoms with Gasteiger partial charge in [0.2, 0.25) is 0 Å². The third-order valence-corrected chi connectivity index (χ3v) is 3.59. The molecule has 3 rings (SSSR count). The number of hydrogen-bond donors (Lipinski definition) is 1. The monoisotopic (exact) mass is 282 g/mol. The Hall–Kier alpha value is -2.43. The number of nitrogens with zero attached hydrogens (tertiary/aromatic N) is 3. The summed E-state index contributed by atoms with van der Waals surface area (Å²) in [5.41, 5.74) is 0.608. The number of piperidine rings is 1. The van der Waals surface area contributed by atoms with E-state index < -0.39 is 0 Å². The maximum absolute atomic E-state index is 12.3. The molecule has 0 radical (unpaired) electrons. The van der Waals surface area contributed by atoms with Crippen molar-refractivity contribution in [1.29, 1.82) is 0 Å². The summed E-state index contributed by atoms with van der Waals surface area (Å²) >= 11 is 0. The molecule has 0 saturated carbocycles. The first-order valence-electron chi connectivity index (χ1n) is 7.26. The van der Waals surface area contributed by atoms with Crippen molar-refractivity contribution in [3.05, 3.63) is 48.3 Å². The molecular formula is C16H18N4O. The minimum Gasteiger partial charge on any atom is -0.357 e. The van der Waals surface area contributed by atoms with Crippen molar-refractivity contribution < 1.29 is 4.79 Å². The van der Waals surface area contributed by atoms with Crippen molar-refractivity contribution in [3.8, 4) is 0 Å². The molecule has 0 aromatic carbocycles. The van der Waals surface area contributed by atoms with E-state index in [4.69, 9.17) is 0 Å². The fourth-order valence-corrected chi connectivity index (χ4v) is 2.48. The number of hydrogen-bond acceptors (Lipinski definition) is 4. The van der Waals surface area contributed by atoms with Gasteiger partial charge < -0.3 is 10.2 Å². The summed E-state index contributed by atoms with van der Waals surface area (Å²) in [4.78, 5) is 23.0. The SMILES string of the molecule is O=C(Nc1ccccn1)c1ccnc(N2CCCCC2)c1. The number of pyridine rings is 2. The number of rotatable bonds is 3. The molecule has 5 nitrogen and oxygen atoms in total. The van der Waals surface area contributed by atoms with Gasteiger partial charge in [-0.3, -0.25) is 4.79 Å². The Balaban J connectivity index is 1.74. The molecule has 1 fully saturated rings. The lowest BCUT2D eigenvalue weighted by molar-refractivity contribution is 0.102. The Morgan fingerprint density at radius 1 is 1.05 bits per heavy atom. The molecule has 2 aromatic rings. The smallest absolute Gasteiger partial charge is 0.257 e. The zero-order chi connectivity index (χ0) is 14.5. The normalized spacial score (nSPS) is 14.8. The molecule has 0 bridgehead atoms. The largest absolute Gasteiger partial charge is 0.357 e. The molecule has 0 spiro atoms. The minimum atomic E-state index is -0.158. The predicted molar refractivity (Wildman–Crippen MR) is 82.5 cm³/mol. The number of aromatic nitrogens is 2. The Kier molecular flexibility index (Phi) is 4.09. The first-order chi connectivity index (χ1) is 10.3. The summed E-state index contributed by atoms with van der Waals surface area (Å²) in [5, 5.41) is 2.79. The lowest BCUT2D eigenvalue weighted by atomic mass is 10.1. The highest BCUT2D eigenvalue weighted by atomic mass is 16.1. The summed E-state index contributed by atoms with van der Waals surface area (Å²) in [6.07, 6.45) is 6.99. The average molecular weight is 282 g/mol. The maximum atomic E-state index is 12.3. The summed E-state index contributed by atoms with van der Waals surface area (Å²) in [5.74, 6) is 1.27. The second-order valence-electron chi connectivity index (χ2n) is 5.12. The minimum absolute atomic E-state index is 0.158. The quantitative estimate of drug-likeness (QED) is 0.940. The Morgan fingerprint density at radius 2 is 1.90 bits per heavy atom. The molecule has 0 unspecified atom stereocenters. The van der Waals surface area contributed by atoms with Gasteiger partial charge >= 0.3 is 0 Å². The molecule has 108 valence electrons. The van der Waals surface area contributed by atoms with Crippen molar-refractivity contribution in [2.75, 3.05) is 23.3 Å². The van der Waals surface area contributed by atoms with Crippen LogP contribution in [0.15, 0.2) is 42.7 Å². The molecule has 0 atom stereocenters. The summed E-state index contributed by atoms with van der Waals surface area (Å²) in [7, 11) is 0. The van der Waals surface area contributed by atoms with Crippen LogP contribution in [0.1, 0.15) is 29.6 Å². The molecule has 3 heterocycles.